The Morgan fingerprint density at radius 3 is 1.76 bits per heavy atom. The molecule has 5 aromatic carbocycles. The van der Waals surface area contributed by atoms with Crippen molar-refractivity contribution < 1.29 is 0 Å². The molecular formula is C40H35N. The van der Waals surface area contributed by atoms with E-state index < -0.39 is 0 Å². The highest BCUT2D eigenvalue weighted by atomic mass is 14.9. The predicted molar refractivity (Wildman–Crippen MR) is 170 cm³/mol. The molecule has 41 heavy (non-hydrogen) atoms. The summed E-state index contributed by atoms with van der Waals surface area (Å²) in [5.74, 6) is 3.58. The quantitative estimate of drug-likeness (QED) is 0.244. The molecule has 4 saturated carbocycles. The fraction of sp³-hybridized carbons (Fsp3) is 0.250. The number of nitrogens with one attached hydrogen (secondary N) is 1. The van der Waals surface area contributed by atoms with E-state index in [2.05, 4.69) is 127 Å². The number of rotatable bonds is 4. The largest absolute Gasteiger partial charge is 0.356 e. The maximum absolute atomic E-state index is 3.74. The molecule has 1 nitrogen and oxygen atoms in total. The van der Waals surface area contributed by atoms with E-state index in [0.717, 1.165) is 29.4 Å². The van der Waals surface area contributed by atoms with Gasteiger partial charge in [-0.2, -0.15) is 0 Å². The summed E-state index contributed by atoms with van der Waals surface area (Å²) in [4.78, 5) is 0. The Balaban J connectivity index is 1.03. The van der Waals surface area contributed by atoms with Gasteiger partial charge in [0.15, 0.2) is 0 Å². The van der Waals surface area contributed by atoms with Crippen LogP contribution in [0.2, 0.25) is 0 Å². The van der Waals surface area contributed by atoms with Gasteiger partial charge in [-0.15, -0.1) is 0 Å². The third-order valence-corrected chi connectivity index (χ3v) is 11.0. The van der Waals surface area contributed by atoms with Gasteiger partial charge in [0.1, 0.15) is 0 Å². The van der Waals surface area contributed by atoms with Gasteiger partial charge < -0.3 is 5.32 Å². The van der Waals surface area contributed by atoms with Crippen LogP contribution in [-0.2, 0) is 5.41 Å². The molecule has 4 bridgehead atoms. The minimum absolute atomic E-state index is 0.244. The van der Waals surface area contributed by atoms with E-state index in [-0.39, 0.29) is 5.41 Å². The van der Waals surface area contributed by atoms with E-state index in [1.807, 2.05) is 0 Å². The lowest BCUT2D eigenvalue weighted by Gasteiger charge is -2.61. The number of anilines is 2. The summed E-state index contributed by atoms with van der Waals surface area (Å²) in [6.07, 6.45) is 7.23. The van der Waals surface area contributed by atoms with E-state index in [4.69, 9.17) is 0 Å². The van der Waals surface area contributed by atoms with Crippen LogP contribution < -0.4 is 5.32 Å². The Kier molecular flexibility index (Phi) is 5.15. The molecule has 0 atom stereocenters. The summed E-state index contributed by atoms with van der Waals surface area (Å²) < 4.78 is 0. The molecule has 1 spiro atoms. The van der Waals surface area contributed by atoms with Gasteiger partial charge in [0.25, 0.3) is 0 Å². The SMILES string of the molecule is c1ccc(-c2cccc(-c3ccc(Nc4ccc5c(c4)-c4ccccc4C54C5CC6CC(C5)CC4C6)cc3)c2)cc1. The van der Waals surface area contributed by atoms with Crippen molar-refractivity contribution in [1.29, 1.82) is 0 Å². The van der Waals surface area contributed by atoms with Gasteiger partial charge in [-0.1, -0.05) is 91.0 Å². The molecule has 200 valence electrons. The Morgan fingerprint density at radius 1 is 0.439 bits per heavy atom. The van der Waals surface area contributed by atoms with Crippen molar-refractivity contribution in [2.45, 2.75) is 37.5 Å². The van der Waals surface area contributed by atoms with Crippen LogP contribution >= 0.6 is 0 Å². The van der Waals surface area contributed by atoms with Gasteiger partial charge in [0.2, 0.25) is 0 Å². The second kappa shape index (κ2) is 8.95. The molecule has 5 aliphatic rings. The summed E-state index contributed by atoms with van der Waals surface area (Å²) in [5, 5.41) is 3.74. The molecule has 0 aromatic heterocycles. The van der Waals surface area contributed by atoms with Gasteiger partial charge in [0.05, 0.1) is 0 Å². The average Bonchev–Trinajstić information content (AvgIpc) is 3.31. The van der Waals surface area contributed by atoms with E-state index >= 15 is 0 Å². The lowest BCUT2D eigenvalue weighted by atomic mass is 9.43. The van der Waals surface area contributed by atoms with Crippen LogP contribution in [0.25, 0.3) is 33.4 Å². The third kappa shape index (κ3) is 3.54. The first-order valence-electron chi connectivity index (χ1n) is 15.5. The zero-order valence-electron chi connectivity index (χ0n) is 23.4. The monoisotopic (exact) mass is 529 g/mol. The lowest BCUT2D eigenvalue weighted by molar-refractivity contribution is -0.0399. The van der Waals surface area contributed by atoms with Crippen molar-refractivity contribution in [1.82, 2.24) is 0 Å². The van der Waals surface area contributed by atoms with Crippen LogP contribution in [0.4, 0.5) is 11.4 Å². The molecule has 0 unspecified atom stereocenters. The first-order valence-corrected chi connectivity index (χ1v) is 15.5. The van der Waals surface area contributed by atoms with Crippen molar-refractivity contribution in [3.63, 3.8) is 0 Å². The fourth-order valence-corrected chi connectivity index (χ4v) is 9.66. The first-order chi connectivity index (χ1) is 20.3. The van der Waals surface area contributed by atoms with Crippen molar-refractivity contribution in [2.24, 2.45) is 23.7 Å². The zero-order valence-corrected chi connectivity index (χ0v) is 23.4. The van der Waals surface area contributed by atoms with Gasteiger partial charge in [-0.3, -0.25) is 0 Å². The molecule has 0 heterocycles. The highest BCUT2D eigenvalue weighted by molar-refractivity contribution is 5.85. The van der Waals surface area contributed by atoms with Crippen LogP contribution in [0.3, 0.4) is 0 Å². The Morgan fingerprint density at radius 2 is 1.02 bits per heavy atom. The maximum Gasteiger partial charge on any atom is 0.0390 e. The van der Waals surface area contributed by atoms with Crippen LogP contribution in [0.15, 0.2) is 121 Å². The van der Waals surface area contributed by atoms with Crippen LogP contribution in [0.1, 0.15) is 43.2 Å². The van der Waals surface area contributed by atoms with Gasteiger partial charge in [0, 0.05) is 16.8 Å². The van der Waals surface area contributed by atoms with Gasteiger partial charge in [-0.25, -0.2) is 0 Å². The summed E-state index contributed by atoms with van der Waals surface area (Å²) in [7, 11) is 0. The number of hydrogen-bond donors (Lipinski definition) is 1. The van der Waals surface area contributed by atoms with Gasteiger partial charge in [-0.05, 0) is 131 Å². The molecular weight excluding hydrogens is 494 g/mol. The Bertz CT molecular complexity index is 1740. The number of fused-ring (bicyclic) bond motifs is 3. The molecule has 0 saturated heterocycles. The second-order valence-corrected chi connectivity index (χ2v) is 13.1. The minimum atomic E-state index is 0.244. The third-order valence-electron chi connectivity index (χ3n) is 11.0. The second-order valence-electron chi connectivity index (χ2n) is 13.1. The highest BCUT2D eigenvalue weighted by Gasteiger charge is 2.61. The standard InChI is InChI=1S/C40H35N/c1-2-7-28(8-3-1)30-9-6-10-31(24-30)29-13-15-34(16-14-29)41-35-17-18-39-37(25-35)36-11-4-5-12-38(36)40(39)32-20-26-19-27(22-32)23-33(40)21-26/h1-18,24-27,32-33,41H,19-23H2. The molecule has 0 radical (unpaired) electrons. The summed E-state index contributed by atoms with van der Waals surface area (Å²) >= 11 is 0. The van der Waals surface area contributed by atoms with Crippen molar-refractivity contribution >= 4 is 11.4 Å². The van der Waals surface area contributed by atoms with Crippen LogP contribution in [-0.4, -0.2) is 0 Å². The normalized spacial score (nSPS) is 26.6. The van der Waals surface area contributed by atoms with Crippen LogP contribution in [0, 0.1) is 23.7 Å². The highest BCUT2D eigenvalue weighted by Crippen LogP contribution is 2.69. The Hall–Kier alpha value is -4.10. The molecule has 1 heteroatoms. The zero-order chi connectivity index (χ0) is 27.0. The van der Waals surface area contributed by atoms with Crippen molar-refractivity contribution in [2.75, 3.05) is 5.32 Å². The van der Waals surface area contributed by atoms with E-state index in [9.17, 15) is 0 Å². The summed E-state index contributed by atoms with van der Waals surface area (Å²) in [6.45, 7) is 0. The maximum atomic E-state index is 3.74. The fourth-order valence-electron chi connectivity index (χ4n) is 9.66. The topological polar surface area (TPSA) is 12.0 Å². The molecule has 10 rings (SSSR count). The van der Waals surface area contributed by atoms with E-state index in [0.29, 0.717) is 0 Å². The average molecular weight is 530 g/mol. The summed E-state index contributed by atoms with van der Waals surface area (Å²) in [5.41, 5.74) is 13.7. The number of hydrogen-bond acceptors (Lipinski definition) is 1. The molecule has 0 aliphatic heterocycles. The van der Waals surface area contributed by atoms with E-state index in [1.54, 1.807) is 11.1 Å². The summed E-state index contributed by atoms with van der Waals surface area (Å²) in [6, 6.07) is 45.0. The molecule has 4 fully saturated rings. The van der Waals surface area contributed by atoms with Gasteiger partial charge >= 0.3 is 0 Å². The lowest BCUT2D eigenvalue weighted by Crippen LogP contribution is -2.55. The predicted octanol–water partition coefficient (Wildman–Crippen LogP) is 10.5. The van der Waals surface area contributed by atoms with E-state index in [1.165, 1.54) is 71.2 Å². The first kappa shape index (κ1) is 23.6. The van der Waals surface area contributed by atoms with Crippen molar-refractivity contribution in [3.05, 3.63) is 132 Å². The number of benzene rings is 5. The van der Waals surface area contributed by atoms with Crippen molar-refractivity contribution in [3.8, 4) is 33.4 Å². The smallest absolute Gasteiger partial charge is 0.0390 e. The minimum Gasteiger partial charge on any atom is -0.356 e. The molecule has 0 amide bonds. The Labute approximate surface area is 243 Å². The molecule has 5 aromatic rings. The molecule has 1 N–H and O–H groups in total. The van der Waals surface area contributed by atoms with Crippen LogP contribution in [0.5, 0.6) is 0 Å². The molecule has 5 aliphatic carbocycles.